The number of carbonyl (C=O) groups is 5. The van der Waals surface area contributed by atoms with Gasteiger partial charge in [0.2, 0.25) is 0 Å². The fraction of sp³-hybridized carbons (Fsp3) is 0.308. The van der Waals surface area contributed by atoms with E-state index in [0.29, 0.717) is 54.6 Å². The molecule has 0 aromatic heterocycles. The van der Waals surface area contributed by atoms with Gasteiger partial charge in [0.1, 0.15) is 17.8 Å². The molecule has 0 saturated carbocycles. The molecule has 0 heterocycles. The summed E-state index contributed by atoms with van der Waals surface area (Å²) in [6.45, 7) is 12.4. The zero-order valence-corrected chi connectivity index (χ0v) is 54.9. The smallest absolute Gasteiger partial charge is 0.343 e. The number of ether oxygens (including phenoxy) is 5. The lowest BCUT2D eigenvalue weighted by Crippen LogP contribution is -2.17. The second kappa shape index (κ2) is 70.4. The van der Waals surface area contributed by atoms with Gasteiger partial charge in [-0.25, -0.2) is 14.4 Å². The average Bonchev–Trinajstić information content (AvgIpc) is 0.887. The van der Waals surface area contributed by atoms with E-state index in [0.717, 1.165) is 55.2 Å². The predicted molar refractivity (Wildman–Crippen MR) is 331 cm³/mol. The summed E-state index contributed by atoms with van der Waals surface area (Å²) >= 11 is 0. The number of benzene rings is 3. The Bertz CT molecular complexity index is 3970. The van der Waals surface area contributed by atoms with Gasteiger partial charge in [-0.1, -0.05) is 42.1 Å². The van der Waals surface area contributed by atoms with E-state index in [9.17, 15) is 24.0 Å². The number of aryl methyl sites for hydroxylation is 2. The van der Waals surface area contributed by atoms with Crippen molar-refractivity contribution in [2.24, 2.45) is 293 Å². The number of nitrogens with two attached hydrogens (primary N) is 1. The Balaban J connectivity index is 0.00000178. The largest absolute Gasteiger partial charge is 0.494 e. The predicted octanol–water partition coefficient (Wildman–Crippen LogP) is 16.2. The molecule has 0 aliphatic carbocycles. The van der Waals surface area contributed by atoms with Crippen molar-refractivity contribution < 1.29 is 47.7 Å². The van der Waals surface area contributed by atoms with Crippen LogP contribution in [0.2, 0.25) is 0 Å². The number of aldehydes is 1. The molecule has 0 aliphatic rings. The molecule has 0 bridgehead atoms. The molecule has 1 amide bonds. The molecule has 0 fully saturated rings. The number of nitrogens with one attached hydrogen (secondary N) is 2. The summed E-state index contributed by atoms with van der Waals surface area (Å²) in [5, 5.41) is 166. The summed E-state index contributed by atoms with van der Waals surface area (Å²) in [6.07, 6.45) is 6.32. The van der Waals surface area contributed by atoms with E-state index in [2.05, 4.69) is 312 Å². The zero-order chi connectivity index (χ0) is 78.0. The summed E-state index contributed by atoms with van der Waals surface area (Å²) in [4.78, 5) is 55.3. The molecule has 68 heteroatoms. The minimum absolute atomic E-state index is 0.124. The number of rotatable bonds is 44. The van der Waals surface area contributed by atoms with Gasteiger partial charge >= 0.3 is 17.9 Å². The van der Waals surface area contributed by atoms with E-state index in [-0.39, 0.29) is 11.9 Å². The Kier molecular flexibility index (Phi) is 59.2. The van der Waals surface area contributed by atoms with E-state index < -0.39 is 11.9 Å². The molecule has 556 valence electrons. The molecular weight excluding hydrogens is 1440 g/mol. The zero-order valence-electron chi connectivity index (χ0n) is 54.9. The van der Waals surface area contributed by atoms with Crippen LogP contribution < -0.4 is 20.6 Å². The van der Waals surface area contributed by atoms with Crippen LogP contribution in [0.1, 0.15) is 67.9 Å². The Hall–Kier alpha value is -16.9. The number of hydrogen-bond acceptors (Lipinski definition) is 12. The third kappa shape index (κ3) is 60.0. The molecule has 0 spiro atoms. The minimum Gasteiger partial charge on any atom is -0.494 e. The summed E-state index contributed by atoms with van der Waals surface area (Å²) < 4.78 is 25.1. The standard InChI is InChI=1S/C16H14O3.C15H19NO4.C8H14O3.H3N57/c1-11-3-6-13(7-4-11)16(18)19-15-8-5-12(2)14(9-15)10-17;1-3-14(17)20-11-5-4-10-19-13-8-6-12(7-9-13)15(18)16-2;1-3-8(9)11-7-5-4-6-10-2;1-3-5-7-9-11-13-15-17-19-21-23-25-27-29-31-33-35-37-39-41-43-45-47-49-51-53-55-57-56-54-52-50-48-46-44-42-40-38-36-34-32-30-28-26-24-22-20-18-16-14-12-10-8-6-4-2/h3-10H,1-2H3;3,6-9H,1,4-5,10-11H2,2H3,(H,16,18);3H,1,4-7H2,2H3;(H3,1,2,5,6,9,10,13,14,17,18,21,22,25,26,29,30,33,34,37,38,41,42,45,46,49,50,53,54,57). The molecule has 0 unspecified atom stereocenters. The van der Waals surface area contributed by atoms with Gasteiger partial charge in [0.25, 0.3) is 5.91 Å². The lowest BCUT2D eigenvalue weighted by Gasteiger charge is -2.07. The first-order valence-corrected chi connectivity index (χ1v) is 27.2. The van der Waals surface area contributed by atoms with E-state index in [1.807, 2.05) is 26.0 Å². The third-order valence-electron chi connectivity index (χ3n) is 8.77. The summed E-state index contributed by atoms with van der Waals surface area (Å²) in [5.41, 5.74) is 9.79. The van der Waals surface area contributed by atoms with Gasteiger partial charge in [0.15, 0.2) is 0 Å². The van der Waals surface area contributed by atoms with Gasteiger partial charge in [-0.3, -0.25) is 9.59 Å². The molecule has 0 aliphatic heterocycles. The Morgan fingerprint density at radius 2 is 0.692 bits per heavy atom. The fourth-order valence-electron chi connectivity index (χ4n) is 4.67. The van der Waals surface area contributed by atoms with E-state index >= 15 is 0 Å². The molecule has 3 rings (SSSR count). The average molecular weight is 1490 g/mol. The molecule has 0 radical (unpaired) electrons. The maximum atomic E-state index is 11.9. The molecular formula is C39H50N58O10. The van der Waals surface area contributed by atoms with E-state index in [1.54, 1.807) is 68.8 Å². The third-order valence-corrected chi connectivity index (χ3v) is 8.77. The van der Waals surface area contributed by atoms with Crippen molar-refractivity contribution in [3.8, 4) is 11.5 Å². The first kappa shape index (κ1) is 90.1. The lowest BCUT2D eigenvalue weighted by molar-refractivity contribution is -0.138. The summed E-state index contributed by atoms with van der Waals surface area (Å²) in [6, 6.07) is 19.0. The van der Waals surface area contributed by atoms with Crippen molar-refractivity contribution in [2.45, 2.75) is 39.5 Å². The Morgan fingerprint density at radius 3 is 0.981 bits per heavy atom. The van der Waals surface area contributed by atoms with Crippen LogP contribution in [0.15, 0.2) is 379 Å². The SMILES string of the molecule is C=CC(=O)OCCCCOC.C=CC(=O)OCCCCOc1ccc(C(=O)NC)cc1.Cc1ccc(C(=O)Oc2ccc(C)c(C=O)c2)cc1.N=N/N=N/N=N/N=N/N=N/N=N/N=N/N=N/N=N/N=N/N=N/N=N/N=N/N=N/N=N/N=N/N=N/N=N/N=N/N=N/N=N/N=N/N=N/N=N/N=N/N=N/N=N/N=N/N. The molecule has 0 saturated heterocycles. The van der Waals surface area contributed by atoms with E-state index in [1.165, 1.54) is 0 Å². The molecule has 68 nitrogen and oxygen atoms in total. The monoisotopic (exact) mass is 1490 g/mol. The van der Waals surface area contributed by atoms with Crippen molar-refractivity contribution in [1.82, 2.24) is 5.32 Å². The number of carbonyl (C=O) groups excluding carboxylic acids is 5. The van der Waals surface area contributed by atoms with Gasteiger partial charge < -0.3 is 34.8 Å². The van der Waals surface area contributed by atoms with Crippen molar-refractivity contribution in [3.05, 3.63) is 120 Å². The lowest BCUT2D eigenvalue weighted by atomic mass is 10.1. The van der Waals surface area contributed by atoms with Crippen LogP contribution in [-0.2, 0) is 23.8 Å². The summed E-state index contributed by atoms with van der Waals surface area (Å²) in [5.74, 6) is 4.39. The second-order valence-corrected chi connectivity index (χ2v) is 15.4. The van der Waals surface area contributed by atoms with Crippen LogP contribution in [0.5, 0.6) is 11.5 Å². The Morgan fingerprint density at radius 1 is 0.402 bits per heavy atom. The van der Waals surface area contributed by atoms with Crippen LogP contribution >= 0.6 is 0 Å². The van der Waals surface area contributed by atoms with Crippen LogP contribution in [0, 0.1) is 19.4 Å². The van der Waals surface area contributed by atoms with Gasteiger partial charge in [0, 0.05) is 248 Å². The minimum atomic E-state index is -0.430. The number of unbranched alkanes of at least 4 members (excludes halogenated alkanes) is 2. The number of nitrogens with zero attached hydrogens (tertiary/aromatic N) is 55. The number of hydrogen-bond donors (Lipinski definition) is 3. The van der Waals surface area contributed by atoms with Gasteiger partial charge in [-0.2, -0.15) is 5.53 Å². The maximum Gasteiger partial charge on any atom is 0.343 e. The van der Waals surface area contributed by atoms with Gasteiger partial charge in [-0.05, 0) is 172 Å². The van der Waals surface area contributed by atoms with Gasteiger partial charge in [-0.15, -0.1) is 0 Å². The van der Waals surface area contributed by atoms with Crippen molar-refractivity contribution >= 4 is 30.1 Å². The van der Waals surface area contributed by atoms with E-state index in [4.69, 9.17) is 29.2 Å². The van der Waals surface area contributed by atoms with Crippen molar-refractivity contribution in [2.75, 3.05) is 40.6 Å². The second-order valence-electron chi connectivity index (χ2n) is 15.4. The molecule has 107 heavy (non-hydrogen) atoms. The molecule has 3 aromatic carbocycles. The highest BCUT2D eigenvalue weighted by atomic mass is 16.5. The number of methoxy groups -OCH3 is 1. The van der Waals surface area contributed by atoms with Crippen LogP contribution in [0.4, 0.5) is 0 Å². The van der Waals surface area contributed by atoms with Crippen molar-refractivity contribution in [1.29, 1.82) is 5.53 Å². The maximum absolute atomic E-state index is 11.9. The fourth-order valence-corrected chi connectivity index (χ4v) is 4.67. The first-order chi connectivity index (χ1) is 52.5. The highest BCUT2D eigenvalue weighted by molar-refractivity contribution is 5.94. The van der Waals surface area contributed by atoms with Gasteiger partial charge in [0.05, 0.1) is 25.4 Å². The number of esters is 3. The normalized spacial score (nSPS) is 12.7. The molecule has 4 N–H and O–H groups in total. The van der Waals surface area contributed by atoms with Crippen LogP contribution in [0.3, 0.4) is 0 Å². The Labute approximate surface area is 592 Å². The summed E-state index contributed by atoms with van der Waals surface area (Å²) in [7, 11) is 3.24. The topological polar surface area (TPSA) is 873 Å². The highest BCUT2D eigenvalue weighted by Gasteiger charge is 2.10. The molecule has 3 aromatic rings. The number of amides is 1. The van der Waals surface area contributed by atoms with Crippen LogP contribution in [0.25, 0.3) is 0 Å². The van der Waals surface area contributed by atoms with Crippen LogP contribution in [-0.4, -0.2) is 70.7 Å². The molecule has 0 atom stereocenters. The van der Waals surface area contributed by atoms with Crippen molar-refractivity contribution in [3.63, 3.8) is 0 Å². The quantitative estimate of drug-likeness (QED) is 0.00698. The highest BCUT2D eigenvalue weighted by Crippen LogP contribution is 2.18. The first-order valence-electron chi connectivity index (χ1n) is 27.2.